The Morgan fingerprint density at radius 2 is 1.75 bits per heavy atom. The first-order valence-electron chi connectivity index (χ1n) is 8.98. The summed E-state index contributed by atoms with van der Waals surface area (Å²) in [7, 11) is 1.88. The molecule has 3 N–H and O–H groups in total. The van der Waals surface area contributed by atoms with Crippen LogP contribution in [0.15, 0.2) is 59.4 Å². The number of hydrogen-bond donors (Lipinski definition) is 3. The van der Waals surface area contributed by atoms with E-state index in [4.69, 9.17) is 10.2 Å². The molecule has 0 saturated heterocycles. The third-order valence-corrected chi connectivity index (χ3v) is 4.52. The topological polar surface area (TPSA) is 109 Å². The molecule has 1 aliphatic rings. The fraction of sp³-hybridized carbons (Fsp3) is 0.286. The quantitative estimate of drug-likeness (QED) is 0.683. The Hall–Kier alpha value is -3.19. The maximum Gasteiger partial charge on any atom is 0.328 e. The Morgan fingerprint density at radius 3 is 2.36 bits per heavy atom. The first kappa shape index (κ1) is 21.1. The Labute approximate surface area is 163 Å². The van der Waals surface area contributed by atoms with Crippen LogP contribution in [0.25, 0.3) is 0 Å². The number of rotatable bonds is 5. The van der Waals surface area contributed by atoms with Gasteiger partial charge in [-0.3, -0.25) is 4.79 Å². The highest BCUT2D eigenvalue weighted by atomic mass is 16.4. The Balaban J connectivity index is 0.000000300. The van der Waals surface area contributed by atoms with Crippen LogP contribution in [0.4, 0.5) is 0 Å². The largest absolute Gasteiger partial charge is 0.478 e. The van der Waals surface area contributed by atoms with Crippen LogP contribution in [-0.4, -0.2) is 26.7 Å². The standard InChI is InChI=1S/C17H20N2O.C4H4O4/c1-19-16-9-5-8-15(14(16)10-11-17(19)20)18-12-13-6-3-2-4-7-13;5-3(6)1-2-4(7)8/h2-4,6-7,10-11,15,18H,5,8-9,12H2,1H3;1-2H,(H,5,6)(H,7,8). The van der Waals surface area contributed by atoms with Gasteiger partial charge in [-0.25, -0.2) is 9.59 Å². The van der Waals surface area contributed by atoms with Crippen molar-refractivity contribution < 1.29 is 19.8 Å². The fourth-order valence-electron chi connectivity index (χ4n) is 3.15. The lowest BCUT2D eigenvalue weighted by molar-refractivity contribution is -0.134. The molecule has 1 unspecified atom stereocenters. The molecule has 1 aromatic carbocycles. The lowest BCUT2D eigenvalue weighted by atomic mass is 9.91. The van der Waals surface area contributed by atoms with Crippen LogP contribution < -0.4 is 10.9 Å². The van der Waals surface area contributed by atoms with Crippen LogP contribution in [0.2, 0.25) is 0 Å². The molecule has 0 aliphatic heterocycles. The van der Waals surface area contributed by atoms with E-state index in [0.29, 0.717) is 18.2 Å². The fourth-order valence-corrected chi connectivity index (χ4v) is 3.15. The molecule has 1 aliphatic carbocycles. The number of benzene rings is 1. The van der Waals surface area contributed by atoms with Crippen molar-refractivity contribution in [2.75, 3.05) is 0 Å². The Morgan fingerprint density at radius 1 is 1.11 bits per heavy atom. The molecule has 0 bridgehead atoms. The van der Waals surface area contributed by atoms with E-state index in [-0.39, 0.29) is 5.56 Å². The third kappa shape index (κ3) is 6.21. The van der Waals surface area contributed by atoms with Gasteiger partial charge in [0, 0.05) is 43.5 Å². The third-order valence-electron chi connectivity index (χ3n) is 4.52. The second-order valence-corrected chi connectivity index (χ2v) is 6.45. The zero-order chi connectivity index (χ0) is 20.5. The van der Waals surface area contributed by atoms with Gasteiger partial charge in [0.05, 0.1) is 0 Å². The molecule has 1 aromatic heterocycles. The van der Waals surface area contributed by atoms with Gasteiger partial charge >= 0.3 is 11.9 Å². The van der Waals surface area contributed by atoms with Crippen LogP contribution in [-0.2, 0) is 29.6 Å². The number of aromatic nitrogens is 1. The summed E-state index contributed by atoms with van der Waals surface area (Å²) in [6.45, 7) is 0.869. The van der Waals surface area contributed by atoms with Gasteiger partial charge < -0.3 is 20.1 Å². The van der Waals surface area contributed by atoms with Gasteiger partial charge in [-0.05, 0) is 30.4 Å². The molecular weight excluding hydrogens is 360 g/mol. The number of nitrogens with one attached hydrogen (secondary N) is 1. The summed E-state index contributed by atoms with van der Waals surface area (Å²) >= 11 is 0. The summed E-state index contributed by atoms with van der Waals surface area (Å²) in [4.78, 5) is 30.8. The van der Waals surface area contributed by atoms with Crippen molar-refractivity contribution in [2.45, 2.75) is 31.8 Å². The molecule has 0 amide bonds. The molecule has 1 heterocycles. The number of carboxylic acids is 2. The van der Waals surface area contributed by atoms with Crippen molar-refractivity contribution in [1.29, 1.82) is 0 Å². The Bertz CT molecular complexity index is 887. The van der Waals surface area contributed by atoms with Gasteiger partial charge in [-0.2, -0.15) is 0 Å². The van der Waals surface area contributed by atoms with Crippen molar-refractivity contribution in [2.24, 2.45) is 7.05 Å². The number of fused-ring (bicyclic) bond motifs is 1. The molecule has 0 fully saturated rings. The highest BCUT2D eigenvalue weighted by Gasteiger charge is 2.21. The van der Waals surface area contributed by atoms with Gasteiger partial charge in [0.25, 0.3) is 0 Å². The summed E-state index contributed by atoms with van der Waals surface area (Å²) in [5, 5.41) is 19.2. The van der Waals surface area contributed by atoms with Crippen molar-refractivity contribution in [1.82, 2.24) is 9.88 Å². The molecule has 148 valence electrons. The summed E-state index contributed by atoms with van der Waals surface area (Å²) < 4.78 is 1.80. The average molecular weight is 384 g/mol. The molecule has 0 radical (unpaired) electrons. The number of carboxylic acid groups (broad SMARTS) is 2. The molecule has 0 saturated carbocycles. The first-order valence-corrected chi connectivity index (χ1v) is 8.98. The second-order valence-electron chi connectivity index (χ2n) is 6.45. The van der Waals surface area contributed by atoms with E-state index < -0.39 is 11.9 Å². The molecule has 0 spiro atoms. The van der Waals surface area contributed by atoms with Crippen LogP contribution in [0, 0.1) is 0 Å². The van der Waals surface area contributed by atoms with Crippen LogP contribution in [0.1, 0.15) is 35.7 Å². The van der Waals surface area contributed by atoms with Crippen LogP contribution in [0.3, 0.4) is 0 Å². The van der Waals surface area contributed by atoms with E-state index in [0.717, 1.165) is 25.8 Å². The molecule has 28 heavy (non-hydrogen) atoms. The smallest absolute Gasteiger partial charge is 0.328 e. The van der Waals surface area contributed by atoms with E-state index in [9.17, 15) is 14.4 Å². The summed E-state index contributed by atoms with van der Waals surface area (Å²) in [5.41, 5.74) is 3.86. The second kappa shape index (κ2) is 10.2. The van der Waals surface area contributed by atoms with Gasteiger partial charge in [-0.1, -0.05) is 36.4 Å². The van der Waals surface area contributed by atoms with Gasteiger partial charge in [-0.15, -0.1) is 0 Å². The van der Waals surface area contributed by atoms with Crippen molar-refractivity contribution in [3.63, 3.8) is 0 Å². The van der Waals surface area contributed by atoms with Crippen LogP contribution >= 0.6 is 0 Å². The van der Waals surface area contributed by atoms with Crippen LogP contribution in [0.5, 0.6) is 0 Å². The van der Waals surface area contributed by atoms with E-state index >= 15 is 0 Å². The SMILES string of the molecule is Cn1c2c(ccc1=O)C(NCc1ccccc1)CCC2.O=C(O)C=CC(=O)O. The monoisotopic (exact) mass is 384 g/mol. The van der Waals surface area contributed by atoms with Gasteiger partial charge in [0.15, 0.2) is 0 Å². The molecule has 7 heteroatoms. The van der Waals surface area contributed by atoms with Gasteiger partial charge in [0.2, 0.25) is 5.56 Å². The number of carbonyl (C=O) groups is 2. The van der Waals surface area contributed by atoms with E-state index in [1.807, 2.05) is 19.2 Å². The summed E-state index contributed by atoms with van der Waals surface area (Å²) in [6.07, 6.45) is 4.39. The molecule has 3 rings (SSSR count). The van der Waals surface area contributed by atoms with E-state index in [1.165, 1.54) is 16.8 Å². The summed E-state index contributed by atoms with van der Waals surface area (Å²) in [6, 6.07) is 14.5. The first-order chi connectivity index (χ1) is 13.4. The van der Waals surface area contributed by atoms with Crippen molar-refractivity contribution >= 4 is 11.9 Å². The minimum atomic E-state index is -1.26. The molecule has 7 nitrogen and oxygen atoms in total. The molecule has 1 atom stereocenters. The predicted octanol–water partition coefficient (Wildman–Crippen LogP) is 2.26. The lowest BCUT2D eigenvalue weighted by Crippen LogP contribution is -2.30. The highest BCUT2D eigenvalue weighted by Crippen LogP contribution is 2.28. The maximum absolute atomic E-state index is 11.7. The number of aliphatic carboxylic acids is 2. The van der Waals surface area contributed by atoms with Crippen molar-refractivity contribution in [3.8, 4) is 0 Å². The molecule has 2 aromatic rings. The normalized spacial score (nSPS) is 15.4. The Kier molecular flexibility index (Phi) is 7.71. The number of hydrogen-bond acceptors (Lipinski definition) is 4. The number of pyridine rings is 1. The number of nitrogens with zero attached hydrogens (tertiary/aromatic N) is 1. The average Bonchev–Trinajstić information content (AvgIpc) is 2.69. The molecular formula is C21H24N2O5. The lowest BCUT2D eigenvalue weighted by Gasteiger charge is -2.27. The van der Waals surface area contributed by atoms with Crippen molar-refractivity contribution in [3.05, 3.63) is 81.8 Å². The zero-order valence-corrected chi connectivity index (χ0v) is 15.7. The zero-order valence-electron chi connectivity index (χ0n) is 15.7. The van der Waals surface area contributed by atoms with Gasteiger partial charge in [0.1, 0.15) is 0 Å². The predicted molar refractivity (Wildman–Crippen MR) is 105 cm³/mol. The minimum absolute atomic E-state index is 0.0902. The van der Waals surface area contributed by atoms with E-state index in [1.54, 1.807) is 10.6 Å². The minimum Gasteiger partial charge on any atom is -0.478 e. The van der Waals surface area contributed by atoms with E-state index in [2.05, 4.69) is 29.6 Å². The summed E-state index contributed by atoms with van der Waals surface area (Å²) in [5.74, 6) is -2.51. The maximum atomic E-state index is 11.7. The highest BCUT2D eigenvalue weighted by molar-refractivity contribution is 5.89.